The van der Waals surface area contributed by atoms with Crippen LogP contribution in [-0.2, 0) is 13.0 Å². The van der Waals surface area contributed by atoms with Crippen molar-refractivity contribution in [3.63, 3.8) is 0 Å². The molecule has 0 unspecified atom stereocenters. The minimum Gasteiger partial charge on any atom is -0.496 e. The molecule has 0 atom stereocenters. The summed E-state index contributed by atoms with van der Waals surface area (Å²) >= 11 is 0. The summed E-state index contributed by atoms with van der Waals surface area (Å²) in [5, 5.41) is 9.71. The van der Waals surface area contributed by atoms with Crippen LogP contribution in [0.5, 0.6) is 5.75 Å². The van der Waals surface area contributed by atoms with Crippen LogP contribution in [0.25, 0.3) is 5.65 Å². The van der Waals surface area contributed by atoms with Crippen molar-refractivity contribution in [3.8, 4) is 5.75 Å². The summed E-state index contributed by atoms with van der Waals surface area (Å²) in [5.74, 6) is 0.842. The van der Waals surface area contributed by atoms with Gasteiger partial charge in [0.15, 0.2) is 0 Å². The van der Waals surface area contributed by atoms with E-state index >= 15 is 0 Å². The number of aliphatic hydroxyl groups is 1. The Hall–Kier alpha value is -2.33. The molecule has 1 N–H and O–H groups in total. The average Bonchev–Trinajstić information content (AvgIpc) is 2.84. The summed E-state index contributed by atoms with van der Waals surface area (Å²) < 4.78 is 7.35. The summed E-state index contributed by atoms with van der Waals surface area (Å²) in [6, 6.07) is 11.9. The Morgan fingerprint density at radius 3 is 2.76 bits per heavy atom. The quantitative estimate of drug-likeness (QED) is 0.800. The zero-order valence-corrected chi connectivity index (χ0v) is 12.2. The minimum absolute atomic E-state index is 0.0326. The summed E-state index contributed by atoms with van der Waals surface area (Å²) in [6.45, 7) is 2.00. The smallest absolute Gasteiger partial charge is 0.137 e. The van der Waals surface area contributed by atoms with E-state index in [4.69, 9.17) is 4.74 Å². The monoisotopic (exact) mass is 282 g/mol. The van der Waals surface area contributed by atoms with Gasteiger partial charge in [0.2, 0.25) is 0 Å². The second-order valence-corrected chi connectivity index (χ2v) is 5.09. The van der Waals surface area contributed by atoms with Crippen molar-refractivity contribution in [1.82, 2.24) is 9.38 Å². The first kappa shape index (κ1) is 13.6. The first-order chi connectivity index (χ1) is 10.2. The van der Waals surface area contributed by atoms with Crippen molar-refractivity contribution in [2.45, 2.75) is 20.0 Å². The van der Waals surface area contributed by atoms with Gasteiger partial charge in [-0.25, -0.2) is 4.98 Å². The summed E-state index contributed by atoms with van der Waals surface area (Å²) in [7, 11) is 1.67. The minimum atomic E-state index is -0.0326. The third-order valence-electron chi connectivity index (χ3n) is 3.65. The van der Waals surface area contributed by atoms with E-state index in [9.17, 15) is 5.11 Å². The van der Waals surface area contributed by atoms with Gasteiger partial charge in [-0.3, -0.25) is 0 Å². The zero-order chi connectivity index (χ0) is 14.8. The molecule has 2 aromatic heterocycles. The molecule has 1 aromatic carbocycles. The normalized spacial score (nSPS) is 11.0. The maximum absolute atomic E-state index is 9.71. The Kier molecular flexibility index (Phi) is 3.62. The SMILES string of the molecule is COc1ccccc1Cc1nc2ccc(C)cn2c1CO. The number of pyridine rings is 1. The molecule has 0 spiro atoms. The van der Waals surface area contributed by atoms with E-state index in [-0.39, 0.29) is 6.61 Å². The summed E-state index contributed by atoms with van der Waals surface area (Å²) in [4.78, 5) is 4.64. The third-order valence-corrected chi connectivity index (χ3v) is 3.65. The number of para-hydroxylation sites is 1. The van der Waals surface area contributed by atoms with Gasteiger partial charge in [-0.15, -0.1) is 0 Å². The number of hydrogen-bond donors (Lipinski definition) is 1. The topological polar surface area (TPSA) is 46.8 Å². The molecule has 108 valence electrons. The van der Waals surface area contributed by atoms with Crippen LogP contribution >= 0.6 is 0 Å². The van der Waals surface area contributed by atoms with E-state index in [0.717, 1.165) is 33.9 Å². The van der Waals surface area contributed by atoms with E-state index in [0.29, 0.717) is 6.42 Å². The third kappa shape index (κ3) is 2.50. The fourth-order valence-corrected chi connectivity index (χ4v) is 2.59. The maximum atomic E-state index is 9.71. The molecule has 2 heterocycles. The number of hydrogen-bond acceptors (Lipinski definition) is 3. The van der Waals surface area contributed by atoms with Gasteiger partial charge in [-0.05, 0) is 24.6 Å². The molecular formula is C17H18N2O2. The van der Waals surface area contributed by atoms with E-state index in [1.54, 1.807) is 7.11 Å². The molecule has 0 aliphatic rings. The number of ether oxygens (including phenoxy) is 1. The van der Waals surface area contributed by atoms with Crippen molar-refractivity contribution >= 4 is 5.65 Å². The van der Waals surface area contributed by atoms with Crippen molar-refractivity contribution in [2.75, 3.05) is 7.11 Å². The Bertz CT molecular complexity index is 778. The predicted molar refractivity (Wildman–Crippen MR) is 81.7 cm³/mol. The van der Waals surface area contributed by atoms with Crippen molar-refractivity contribution in [2.24, 2.45) is 0 Å². The molecule has 21 heavy (non-hydrogen) atoms. The van der Waals surface area contributed by atoms with E-state index in [1.807, 2.05) is 53.9 Å². The Morgan fingerprint density at radius 2 is 2.00 bits per heavy atom. The van der Waals surface area contributed by atoms with Crippen LogP contribution in [-0.4, -0.2) is 21.6 Å². The second kappa shape index (κ2) is 5.58. The molecule has 0 fully saturated rings. The number of nitrogens with zero attached hydrogens (tertiary/aromatic N) is 2. The number of imidazole rings is 1. The molecule has 0 saturated carbocycles. The molecule has 0 bridgehead atoms. The fraction of sp³-hybridized carbons (Fsp3) is 0.235. The van der Waals surface area contributed by atoms with Crippen molar-refractivity contribution < 1.29 is 9.84 Å². The second-order valence-electron chi connectivity index (χ2n) is 5.09. The van der Waals surface area contributed by atoms with Crippen LogP contribution in [0.3, 0.4) is 0 Å². The molecule has 3 aromatic rings. The number of aliphatic hydroxyl groups excluding tert-OH is 1. The summed E-state index contributed by atoms with van der Waals surface area (Å²) in [6.07, 6.45) is 2.64. The fourth-order valence-electron chi connectivity index (χ4n) is 2.59. The van der Waals surface area contributed by atoms with E-state index in [2.05, 4.69) is 4.98 Å². The first-order valence-corrected chi connectivity index (χ1v) is 6.92. The van der Waals surface area contributed by atoms with Gasteiger partial charge >= 0.3 is 0 Å². The number of fused-ring (bicyclic) bond motifs is 1. The molecule has 3 rings (SSSR count). The molecule has 4 heteroatoms. The van der Waals surface area contributed by atoms with Gasteiger partial charge in [0.1, 0.15) is 11.4 Å². The standard InChI is InChI=1S/C17H18N2O2/c1-12-7-8-17-18-14(15(11-20)19(17)10-12)9-13-5-3-4-6-16(13)21-2/h3-8,10,20H,9,11H2,1-2H3. The Morgan fingerprint density at radius 1 is 1.19 bits per heavy atom. The Labute approximate surface area is 123 Å². The molecule has 0 radical (unpaired) electrons. The summed E-state index contributed by atoms with van der Waals surface area (Å²) in [5.41, 5.74) is 4.77. The lowest BCUT2D eigenvalue weighted by molar-refractivity contribution is 0.274. The van der Waals surface area contributed by atoms with Crippen LogP contribution in [0.4, 0.5) is 0 Å². The molecule has 0 aliphatic heterocycles. The molecular weight excluding hydrogens is 264 g/mol. The molecule has 0 amide bonds. The molecule has 0 aliphatic carbocycles. The zero-order valence-electron chi connectivity index (χ0n) is 12.2. The van der Waals surface area contributed by atoms with Gasteiger partial charge in [-0.2, -0.15) is 0 Å². The number of benzene rings is 1. The highest BCUT2D eigenvalue weighted by molar-refractivity contribution is 5.46. The number of aromatic nitrogens is 2. The predicted octanol–water partition coefficient (Wildman–Crippen LogP) is 2.73. The van der Waals surface area contributed by atoms with E-state index in [1.165, 1.54) is 0 Å². The lowest BCUT2D eigenvalue weighted by atomic mass is 10.1. The highest BCUT2D eigenvalue weighted by Gasteiger charge is 2.13. The van der Waals surface area contributed by atoms with Gasteiger partial charge in [0, 0.05) is 18.2 Å². The van der Waals surface area contributed by atoms with Gasteiger partial charge in [0.25, 0.3) is 0 Å². The van der Waals surface area contributed by atoms with Gasteiger partial charge < -0.3 is 14.2 Å². The van der Waals surface area contributed by atoms with Crippen molar-refractivity contribution in [3.05, 3.63) is 65.1 Å². The molecule has 4 nitrogen and oxygen atoms in total. The lowest BCUT2D eigenvalue weighted by Crippen LogP contribution is -1.99. The van der Waals surface area contributed by atoms with Crippen LogP contribution in [0.2, 0.25) is 0 Å². The van der Waals surface area contributed by atoms with Gasteiger partial charge in [0.05, 0.1) is 25.1 Å². The number of methoxy groups -OCH3 is 1. The van der Waals surface area contributed by atoms with Gasteiger partial charge in [-0.1, -0.05) is 24.3 Å². The van der Waals surface area contributed by atoms with Crippen LogP contribution in [0.15, 0.2) is 42.6 Å². The maximum Gasteiger partial charge on any atom is 0.137 e. The first-order valence-electron chi connectivity index (χ1n) is 6.92. The van der Waals surface area contributed by atoms with Crippen LogP contribution in [0.1, 0.15) is 22.5 Å². The highest BCUT2D eigenvalue weighted by atomic mass is 16.5. The Balaban J connectivity index is 2.08. The number of rotatable bonds is 4. The molecule has 0 saturated heterocycles. The highest BCUT2D eigenvalue weighted by Crippen LogP contribution is 2.23. The number of aryl methyl sites for hydroxylation is 1. The largest absolute Gasteiger partial charge is 0.496 e. The average molecular weight is 282 g/mol. The van der Waals surface area contributed by atoms with Crippen LogP contribution < -0.4 is 4.74 Å². The lowest BCUT2D eigenvalue weighted by Gasteiger charge is -2.07. The van der Waals surface area contributed by atoms with E-state index < -0.39 is 0 Å². The van der Waals surface area contributed by atoms with Crippen molar-refractivity contribution in [1.29, 1.82) is 0 Å². The van der Waals surface area contributed by atoms with Crippen LogP contribution in [0, 0.1) is 6.92 Å².